The summed E-state index contributed by atoms with van der Waals surface area (Å²) in [6, 6.07) is 0. The standard InChI is InChI=1S/C10H20OS/c1-2-12-9-8-11-10-6-4-3-5-7-10/h10H,2-9H2,1H3. The van der Waals surface area contributed by atoms with Gasteiger partial charge in [-0.15, -0.1) is 0 Å². The van der Waals surface area contributed by atoms with Gasteiger partial charge in [0.25, 0.3) is 0 Å². The normalized spacial score (nSPS) is 19.8. The molecule has 1 fully saturated rings. The van der Waals surface area contributed by atoms with Gasteiger partial charge in [0.05, 0.1) is 12.7 Å². The Kier molecular flexibility index (Phi) is 5.88. The summed E-state index contributed by atoms with van der Waals surface area (Å²) in [7, 11) is 0. The highest BCUT2D eigenvalue weighted by molar-refractivity contribution is 7.99. The Balaban J connectivity index is 1.91. The van der Waals surface area contributed by atoms with E-state index in [1.807, 2.05) is 11.8 Å². The van der Waals surface area contributed by atoms with Gasteiger partial charge in [-0.25, -0.2) is 0 Å². The van der Waals surface area contributed by atoms with E-state index in [0.29, 0.717) is 6.10 Å². The molecule has 0 spiro atoms. The first kappa shape index (κ1) is 10.4. The van der Waals surface area contributed by atoms with Gasteiger partial charge in [0.15, 0.2) is 0 Å². The summed E-state index contributed by atoms with van der Waals surface area (Å²) >= 11 is 1.97. The molecule has 0 aromatic carbocycles. The predicted molar refractivity (Wildman–Crippen MR) is 55.8 cm³/mol. The van der Waals surface area contributed by atoms with E-state index in [4.69, 9.17) is 4.74 Å². The Hall–Kier alpha value is 0.310. The molecule has 12 heavy (non-hydrogen) atoms. The molecule has 0 aliphatic heterocycles. The third kappa shape index (κ3) is 4.36. The number of hydrogen-bond acceptors (Lipinski definition) is 2. The second kappa shape index (κ2) is 6.79. The van der Waals surface area contributed by atoms with Crippen molar-refractivity contribution in [3.05, 3.63) is 0 Å². The second-order valence-corrected chi connectivity index (χ2v) is 4.72. The van der Waals surface area contributed by atoms with Gasteiger partial charge in [-0.2, -0.15) is 11.8 Å². The monoisotopic (exact) mass is 188 g/mol. The summed E-state index contributed by atoms with van der Waals surface area (Å²) < 4.78 is 5.76. The molecule has 0 N–H and O–H groups in total. The van der Waals surface area contributed by atoms with Crippen molar-refractivity contribution in [3.8, 4) is 0 Å². The molecule has 0 heterocycles. The van der Waals surface area contributed by atoms with Crippen LogP contribution in [0.2, 0.25) is 0 Å². The summed E-state index contributed by atoms with van der Waals surface area (Å²) in [6.45, 7) is 3.16. The minimum absolute atomic E-state index is 0.594. The third-order valence-corrected chi connectivity index (χ3v) is 3.20. The maximum atomic E-state index is 5.76. The van der Waals surface area contributed by atoms with Crippen LogP contribution in [0.25, 0.3) is 0 Å². The van der Waals surface area contributed by atoms with Gasteiger partial charge >= 0.3 is 0 Å². The number of thioether (sulfide) groups is 1. The topological polar surface area (TPSA) is 9.23 Å². The van der Waals surface area contributed by atoms with Gasteiger partial charge in [-0.3, -0.25) is 0 Å². The molecular formula is C10H20OS. The van der Waals surface area contributed by atoms with Crippen molar-refractivity contribution < 1.29 is 4.74 Å². The zero-order chi connectivity index (χ0) is 8.65. The smallest absolute Gasteiger partial charge is 0.0575 e. The molecule has 72 valence electrons. The van der Waals surface area contributed by atoms with Crippen molar-refractivity contribution >= 4 is 11.8 Å². The average molecular weight is 188 g/mol. The molecule has 0 aromatic rings. The van der Waals surface area contributed by atoms with Gasteiger partial charge in [-0.05, 0) is 18.6 Å². The minimum atomic E-state index is 0.594. The Morgan fingerprint density at radius 1 is 1.25 bits per heavy atom. The van der Waals surface area contributed by atoms with Crippen LogP contribution in [-0.2, 0) is 4.74 Å². The quantitative estimate of drug-likeness (QED) is 0.613. The summed E-state index contributed by atoms with van der Waals surface area (Å²) in [5.41, 5.74) is 0. The summed E-state index contributed by atoms with van der Waals surface area (Å²) in [4.78, 5) is 0. The molecule has 0 amide bonds. The second-order valence-electron chi connectivity index (χ2n) is 3.33. The molecule has 1 rings (SSSR count). The molecule has 0 atom stereocenters. The zero-order valence-corrected chi connectivity index (χ0v) is 8.87. The first-order chi connectivity index (χ1) is 5.93. The summed E-state index contributed by atoms with van der Waals surface area (Å²) in [5.74, 6) is 2.39. The fraction of sp³-hybridized carbons (Fsp3) is 1.00. The lowest BCUT2D eigenvalue weighted by atomic mass is 9.98. The van der Waals surface area contributed by atoms with Crippen LogP contribution in [0.5, 0.6) is 0 Å². The number of hydrogen-bond donors (Lipinski definition) is 0. The third-order valence-electron chi connectivity index (χ3n) is 2.34. The molecule has 0 unspecified atom stereocenters. The van der Waals surface area contributed by atoms with E-state index >= 15 is 0 Å². The van der Waals surface area contributed by atoms with E-state index in [-0.39, 0.29) is 0 Å². The van der Waals surface area contributed by atoms with E-state index in [1.54, 1.807) is 0 Å². The lowest BCUT2D eigenvalue weighted by Gasteiger charge is -2.21. The Labute approximate surface area is 80.3 Å². The van der Waals surface area contributed by atoms with Gasteiger partial charge in [0.1, 0.15) is 0 Å². The minimum Gasteiger partial charge on any atom is -0.377 e. The van der Waals surface area contributed by atoms with E-state index in [9.17, 15) is 0 Å². The van der Waals surface area contributed by atoms with Crippen LogP contribution in [0.3, 0.4) is 0 Å². The Morgan fingerprint density at radius 2 is 2.00 bits per heavy atom. The molecule has 1 aliphatic carbocycles. The lowest BCUT2D eigenvalue weighted by Crippen LogP contribution is -2.17. The first-order valence-corrected chi connectivity index (χ1v) is 6.28. The maximum absolute atomic E-state index is 5.76. The van der Waals surface area contributed by atoms with Crippen molar-refractivity contribution in [2.75, 3.05) is 18.1 Å². The number of ether oxygens (including phenoxy) is 1. The van der Waals surface area contributed by atoms with Crippen LogP contribution in [-0.4, -0.2) is 24.2 Å². The van der Waals surface area contributed by atoms with Crippen LogP contribution in [0.15, 0.2) is 0 Å². The highest BCUT2D eigenvalue weighted by atomic mass is 32.2. The van der Waals surface area contributed by atoms with Crippen molar-refractivity contribution in [1.29, 1.82) is 0 Å². The molecule has 1 saturated carbocycles. The average Bonchev–Trinajstić information content (AvgIpc) is 2.14. The van der Waals surface area contributed by atoms with Gasteiger partial charge in [-0.1, -0.05) is 26.2 Å². The van der Waals surface area contributed by atoms with Crippen molar-refractivity contribution in [2.24, 2.45) is 0 Å². The van der Waals surface area contributed by atoms with E-state index in [2.05, 4.69) is 6.92 Å². The molecule has 0 aromatic heterocycles. The van der Waals surface area contributed by atoms with Crippen molar-refractivity contribution in [1.82, 2.24) is 0 Å². The van der Waals surface area contributed by atoms with Crippen LogP contribution < -0.4 is 0 Å². The first-order valence-electron chi connectivity index (χ1n) is 5.13. The largest absolute Gasteiger partial charge is 0.377 e. The van der Waals surface area contributed by atoms with Gasteiger partial charge in [0.2, 0.25) is 0 Å². The van der Waals surface area contributed by atoms with E-state index < -0.39 is 0 Å². The van der Waals surface area contributed by atoms with Gasteiger partial charge < -0.3 is 4.74 Å². The van der Waals surface area contributed by atoms with Crippen LogP contribution >= 0.6 is 11.8 Å². The van der Waals surface area contributed by atoms with E-state index in [1.165, 1.54) is 43.6 Å². The molecule has 0 bridgehead atoms. The molecule has 2 heteroatoms. The SMILES string of the molecule is CCSCCOC1CCCCC1. The zero-order valence-electron chi connectivity index (χ0n) is 8.05. The number of rotatable bonds is 5. The van der Waals surface area contributed by atoms with Crippen LogP contribution in [0.1, 0.15) is 39.0 Å². The van der Waals surface area contributed by atoms with Crippen molar-refractivity contribution in [2.45, 2.75) is 45.1 Å². The fourth-order valence-corrected chi connectivity index (χ4v) is 2.15. The highest BCUT2D eigenvalue weighted by Crippen LogP contribution is 2.20. The Bertz CT molecular complexity index is 100. The maximum Gasteiger partial charge on any atom is 0.0575 e. The fourth-order valence-electron chi connectivity index (χ4n) is 1.65. The predicted octanol–water partition coefficient (Wildman–Crippen LogP) is 3.09. The summed E-state index contributed by atoms with van der Waals surface area (Å²) in [5, 5.41) is 0. The molecule has 0 radical (unpaired) electrons. The van der Waals surface area contributed by atoms with Gasteiger partial charge in [0, 0.05) is 5.75 Å². The molecule has 0 saturated heterocycles. The van der Waals surface area contributed by atoms with Crippen molar-refractivity contribution in [3.63, 3.8) is 0 Å². The molecular weight excluding hydrogens is 168 g/mol. The highest BCUT2D eigenvalue weighted by Gasteiger charge is 2.12. The molecule has 1 nitrogen and oxygen atoms in total. The van der Waals surface area contributed by atoms with Crippen LogP contribution in [0, 0.1) is 0 Å². The van der Waals surface area contributed by atoms with Crippen LogP contribution in [0.4, 0.5) is 0 Å². The lowest BCUT2D eigenvalue weighted by molar-refractivity contribution is 0.0385. The molecule has 1 aliphatic rings. The van der Waals surface area contributed by atoms with E-state index in [0.717, 1.165) is 6.61 Å². The Morgan fingerprint density at radius 3 is 2.67 bits per heavy atom. The summed E-state index contributed by atoms with van der Waals surface area (Å²) in [6.07, 6.45) is 7.38.